The summed E-state index contributed by atoms with van der Waals surface area (Å²) in [6.45, 7) is -0.219. The normalized spacial score (nSPS) is 16.9. The molecule has 2 amide bonds. The van der Waals surface area contributed by atoms with Crippen LogP contribution in [0.15, 0.2) is 24.3 Å². The average Bonchev–Trinajstić information content (AvgIpc) is 2.17. The Kier molecular flexibility index (Phi) is 2.39. The maximum atomic E-state index is 11.4. The highest BCUT2D eigenvalue weighted by atomic mass is 16.5. The summed E-state index contributed by atoms with van der Waals surface area (Å²) in [5.74, 6) is -0.826. The lowest BCUT2D eigenvalue weighted by molar-refractivity contribution is -0.138. The summed E-state index contributed by atoms with van der Waals surface area (Å²) in [5, 5.41) is 9.24. The van der Waals surface area contributed by atoms with Crippen molar-refractivity contribution in [2.24, 2.45) is 0 Å². The number of carbonyl (C=O) groups excluding carboxylic acids is 2. The summed E-state index contributed by atoms with van der Waals surface area (Å²) >= 11 is 0. The van der Waals surface area contributed by atoms with Crippen molar-refractivity contribution >= 4 is 17.5 Å². The largest absolute Gasteiger partial charge is 0.508 e. The van der Waals surface area contributed by atoms with Gasteiger partial charge in [-0.2, -0.15) is 0 Å². The number of hydrogen-bond donors (Lipinski definition) is 1. The quantitative estimate of drug-likeness (QED) is 0.672. The Balaban J connectivity index is 2.35. The first kappa shape index (κ1) is 9.67. The maximum Gasteiger partial charge on any atom is 0.259 e. The molecule has 78 valence electrons. The minimum atomic E-state index is -0.420. The van der Waals surface area contributed by atoms with E-state index in [4.69, 9.17) is 4.74 Å². The summed E-state index contributed by atoms with van der Waals surface area (Å²) in [5.41, 5.74) is 0.369. The lowest BCUT2D eigenvalue weighted by Gasteiger charge is -2.24. The first-order valence-corrected chi connectivity index (χ1v) is 4.41. The van der Waals surface area contributed by atoms with Gasteiger partial charge >= 0.3 is 0 Å². The fourth-order valence-corrected chi connectivity index (χ4v) is 1.41. The third kappa shape index (κ3) is 1.82. The van der Waals surface area contributed by atoms with Crippen LogP contribution in [0.3, 0.4) is 0 Å². The average molecular weight is 207 g/mol. The van der Waals surface area contributed by atoms with Crippen molar-refractivity contribution < 1.29 is 19.4 Å². The van der Waals surface area contributed by atoms with E-state index in [1.165, 1.54) is 12.1 Å². The fourth-order valence-electron chi connectivity index (χ4n) is 1.41. The number of nitrogens with zero attached hydrogens (tertiary/aromatic N) is 1. The molecule has 2 rings (SSSR count). The second kappa shape index (κ2) is 3.70. The number of hydrogen-bond acceptors (Lipinski definition) is 4. The van der Waals surface area contributed by atoms with Gasteiger partial charge in [0.05, 0.1) is 5.69 Å². The number of phenols is 1. The minimum Gasteiger partial charge on any atom is -0.508 e. The molecule has 5 nitrogen and oxygen atoms in total. The Labute approximate surface area is 85.9 Å². The monoisotopic (exact) mass is 207 g/mol. The van der Waals surface area contributed by atoms with Gasteiger partial charge in [-0.15, -0.1) is 0 Å². The third-order valence-corrected chi connectivity index (χ3v) is 2.04. The topological polar surface area (TPSA) is 66.8 Å². The number of amides is 2. The minimum absolute atomic E-state index is 0.0135. The molecule has 1 aromatic rings. The molecular formula is C10H9NO4. The number of aromatic hydroxyl groups is 1. The van der Waals surface area contributed by atoms with Crippen LogP contribution in [0.25, 0.3) is 0 Å². The highest BCUT2D eigenvalue weighted by molar-refractivity contribution is 6.17. The second-order valence-electron chi connectivity index (χ2n) is 3.14. The maximum absolute atomic E-state index is 11.4. The first-order chi connectivity index (χ1) is 7.18. The third-order valence-electron chi connectivity index (χ3n) is 2.04. The van der Waals surface area contributed by atoms with Gasteiger partial charge in [-0.1, -0.05) is 6.07 Å². The molecule has 1 heterocycles. The zero-order chi connectivity index (χ0) is 10.8. The highest BCUT2D eigenvalue weighted by Crippen LogP contribution is 2.21. The standard InChI is InChI=1S/C10H9NO4/c12-8-3-1-2-7(4-8)11-9(13)5-15-6-10(11)14/h1-4,12H,5-6H2. The smallest absolute Gasteiger partial charge is 0.259 e. The zero-order valence-electron chi connectivity index (χ0n) is 7.84. The number of imide groups is 1. The van der Waals surface area contributed by atoms with Crippen LogP contribution < -0.4 is 4.90 Å². The number of ether oxygens (including phenoxy) is 1. The number of rotatable bonds is 1. The Morgan fingerprint density at radius 1 is 1.20 bits per heavy atom. The molecule has 1 aromatic carbocycles. The van der Waals surface area contributed by atoms with Gasteiger partial charge in [0.1, 0.15) is 19.0 Å². The van der Waals surface area contributed by atoms with Crippen LogP contribution in [0, 0.1) is 0 Å². The van der Waals surface area contributed by atoms with E-state index in [-0.39, 0.29) is 19.0 Å². The molecule has 1 saturated heterocycles. The molecule has 1 aliphatic rings. The lowest BCUT2D eigenvalue weighted by Crippen LogP contribution is -2.46. The predicted octanol–water partition coefficient (Wildman–Crippen LogP) is 0.282. The molecule has 0 aromatic heterocycles. The van der Waals surface area contributed by atoms with Gasteiger partial charge in [0.25, 0.3) is 11.8 Å². The first-order valence-electron chi connectivity index (χ1n) is 4.41. The van der Waals surface area contributed by atoms with Crippen LogP contribution in [0.1, 0.15) is 0 Å². The van der Waals surface area contributed by atoms with Gasteiger partial charge in [0.15, 0.2) is 0 Å². The van der Waals surface area contributed by atoms with Gasteiger partial charge in [-0.3, -0.25) is 9.59 Å². The Morgan fingerprint density at radius 3 is 2.47 bits per heavy atom. The van der Waals surface area contributed by atoms with Gasteiger partial charge in [-0.05, 0) is 12.1 Å². The fraction of sp³-hybridized carbons (Fsp3) is 0.200. The summed E-state index contributed by atoms with van der Waals surface area (Å²) in [4.78, 5) is 23.8. The zero-order valence-corrected chi connectivity index (χ0v) is 7.84. The molecular weight excluding hydrogens is 198 g/mol. The number of benzene rings is 1. The Hall–Kier alpha value is -1.88. The van der Waals surface area contributed by atoms with E-state index in [1.807, 2.05) is 0 Å². The molecule has 0 aliphatic carbocycles. The van der Waals surface area contributed by atoms with Gasteiger partial charge < -0.3 is 9.84 Å². The summed E-state index contributed by atoms with van der Waals surface area (Å²) in [6.07, 6.45) is 0. The summed E-state index contributed by atoms with van der Waals surface area (Å²) < 4.78 is 4.77. The van der Waals surface area contributed by atoms with Crippen LogP contribution in [0.5, 0.6) is 5.75 Å². The van der Waals surface area contributed by atoms with Gasteiger partial charge in [-0.25, -0.2) is 4.90 Å². The van der Waals surface area contributed by atoms with E-state index in [9.17, 15) is 14.7 Å². The van der Waals surface area contributed by atoms with Crippen molar-refractivity contribution in [1.82, 2.24) is 0 Å². The molecule has 0 saturated carbocycles. The van der Waals surface area contributed by atoms with E-state index in [0.29, 0.717) is 5.69 Å². The van der Waals surface area contributed by atoms with Crippen molar-refractivity contribution in [2.75, 3.05) is 18.1 Å². The molecule has 0 spiro atoms. The van der Waals surface area contributed by atoms with Crippen molar-refractivity contribution in [3.63, 3.8) is 0 Å². The van der Waals surface area contributed by atoms with E-state index in [2.05, 4.69) is 0 Å². The molecule has 0 radical (unpaired) electrons. The molecule has 0 bridgehead atoms. The van der Waals surface area contributed by atoms with E-state index < -0.39 is 11.8 Å². The van der Waals surface area contributed by atoms with Crippen LogP contribution in [0.4, 0.5) is 5.69 Å². The lowest BCUT2D eigenvalue weighted by atomic mass is 10.2. The predicted molar refractivity (Wildman–Crippen MR) is 51.4 cm³/mol. The van der Waals surface area contributed by atoms with Gasteiger partial charge in [0.2, 0.25) is 0 Å². The highest BCUT2D eigenvalue weighted by Gasteiger charge is 2.28. The Bertz CT molecular complexity index is 400. The van der Waals surface area contributed by atoms with E-state index >= 15 is 0 Å². The van der Waals surface area contributed by atoms with Crippen LogP contribution in [-0.2, 0) is 14.3 Å². The molecule has 1 fully saturated rings. The molecule has 0 atom stereocenters. The van der Waals surface area contributed by atoms with Crippen LogP contribution >= 0.6 is 0 Å². The number of morpholine rings is 1. The van der Waals surface area contributed by atoms with Crippen molar-refractivity contribution in [1.29, 1.82) is 0 Å². The SMILES string of the molecule is O=C1COCC(=O)N1c1cccc(O)c1. The molecule has 1 N–H and O–H groups in total. The molecule has 5 heteroatoms. The number of anilines is 1. The van der Waals surface area contributed by atoms with Crippen molar-refractivity contribution in [3.05, 3.63) is 24.3 Å². The van der Waals surface area contributed by atoms with Crippen LogP contribution in [-0.4, -0.2) is 30.1 Å². The molecule has 1 aliphatic heterocycles. The van der Waals surface area contributed by atoms with E-state index in [0.717, 1.165) is 4.90 Å². The van der Waals surface area contributed by atoms with Crippen LogP contribution in [0.2, 0.25) is 0 Å². The van der Waals surface area contributed by atoms with Crippen molar-refractivity contribution in [2.45, 2.75) is 0 Å². The summed E-state index contributed by atoms with van der Waals surface area (Å²) in [7, 11) is 0. The molecule has 15 heavy (non-hydrogen) atoms. The summed E-state index contributed by atoms with van der Waals surface area (Å²) in [6, 6.07) is 5.99. The second-order valence-corrected chi connectivity index (χ2v) is 3.14. The van der Waals surface area contributed by atoms with Crippen molar-refractivity contribution in [3.8, 4) is 5.75 Å². The molecule has 0 unspecified atom stereocenters. The number of carbonyl (C=O) groups is 2. The number of phenolic OH excluding ortho intramolecular Hbond substituents is 1. The Morgan fingerprint density at radius 2 is 1.87 bits per heavy atom. The van der Waals surface area contributed by atoms with E-state index in [1.54, 1.807) is 12.1 Å². The van der Waals surface area contributed by atoms with Gasteiger partial charge in [0, 0.05) is 6.07 Å².